The van der Waals surface area contributed by atoms with Crippen molar-refractivity contribution in [2.75, 3.05) is 26.2 Å². The number of nitrogens with one attached hydrogen (secondary N) is 1. The van der Waals surface area contributed by atoms with Gasteiger partial charge in [0.25, 0.3) is 11.5 Å². The monoisotopic (exact) mass is 387 g/mol. The quantitative estimate of drug-likeness (QED) is 0.764. The molecular weight excluding hydrogens is 358 g/mol. The maximum atomic E-state index is 12.4. The Kier molecular flexibility index (Phi) is 5.98. The van der Waals surface area contributed by atoms with Crippen LogP contribution in [0, 0.1) is 11.8 Å². The first-order chi connectivity index (χ1) is 13.3. The van der Waals surface area contributed by atoms with Gasteiger partial charge in [-0.15, -0.1) is 0 Å². The lowest BCUT2D eigenvalue weighted by Gasteiger charge is -2.34. The number of pyridine rings is 1. The number of piperidine rings is 1. The molecule has 0 spiro atoms. The Balaban J connectivity index is 1.62. The molecule has 2 aromatic rings. The van der Waals surface area contributed by atoms with E-state index in [0.29, 0.717) is 11.9 Å². The molecule has 8 nitrogen and oxygen atoms in total. The summed E-state index contributed by atoms with van der Waals surface area (Å²) in [5.41, 5.74) is -0.455. The first kappa shape index (κ1) is 20.3. The second-order valence-corrected chi connectivity index (χ2v) is 8.09. The molecule has 2 aromatic heterocycles. The van der Waals surface area contributed by atoms with E-state index in [-0.39, 0.29) is 17.2 Å². The van der Waals surface area contributed by atoms with Crippen molar-refractivity contribution in [2.45, 2.75) is 26.7 Å². The molecule has 3 rings (SSSR count). The van der Waals surface area contributed by atoms with E-state index >= 15 is 0 Å². The summed E-state index contributed by atoms with van der Waals surface area (Å²) >= 11 is 0. The highest BCUT2D eigenvalue weighted by atomic mass is 16.2. The van der Waals surface area contributed by atoms with Gasteiger partial charge in [-0.3, -0.25) is 18.7 Å². The van der Waals surface area contributed by atoms with Gasteiger partial charge < -0.3 is 10.2 Å². The minimum atomic E-state index is -0.465. The van der Waals surface area contributed by atoms with Crippen LogP contribution in [0.25, 0.3) is 11.0 Å². The number of likely N-dealkylation sites (tertiary alicyclic amines) is 1. The maximum Gasteiger partial charge on any atom is 0.332 e. The number of aryl methyl sites for hydroxylation is 1. The highest BCUT2D eigenvalue weighted by molar-refractivity contribution is 5.94. The summed E-state index contributed by atoms with van der Waals surface area (Å²) in [6, 6.07) is 3.08. The second kappa shape index (κ2) is 8.26. The fourth-order valence-electron chi connectivity index (χ4n) is 4.15. The van der Waals surface area contributed by atoms with Crippen LogP contribution in [0.5, 0.6) is 0 Å². The van der Waals surface area contributed by atoms with E-state index in [1.165, 1.54) is 24.1 Å². The Labute approximate surface area is 164 Å². The van der Waals surface area contributed by atoms with E-state index < -0.39 is 11.2 Å². The molecule has 1 N–H and O–H groups in total. The maximum absolute atomic E-state index is 12.4. The van der Waals surface area contributed by atoms with Gasteiger partial charge in [-0.25, -0.2) is 9.78 Å². The van der Waals surface area contributed by atoms with Crippen LogP contribution in [0.4, 0.5) is 0 Å². The Hall–Kier alpha value is -2.48. The lowest BCUT2D eigenvalue weighted by atomic mass is 9.92. The molecule has 0 aromatic carbocycles. The zero-order valence-electron chi connectivity index (χ0n) is 17.1. The molecule has 0 saturated carbocycles. The van der Waals surface area contributed by atoms with Crippen LogP contribution in [-0.2, 0) is 14.1 Å². The van der Waals surface area contributed by atoms with Crippen molar-refractivity contribution in [3.05, 3.63) is 38.7 Å². The molecular formula is C20H29N5O3. The largest absolute Gasteiger partial charge is 0.351 e. The molecule has 2 atom stereocenters. The summed E-state index contributed by atoms with van der Waals surface area (Å²) in [7, 11) is 2.97. The Morgan fingerprint density at radius 1 is 1.14 bits per heavy atom. The number of fused-ring (bicyclic) bond motifs is 1. The average Bonchev–Trinajstić information content (AvgIpc) is 2.66. The van der Waals surface area contributed by atoms with E-state index in [2.05, 4.69) is 29.0 Å². The van der Waals surface area contributed by atoms with Crippen molar-refractivity contribution in [2.24, 2.45) is 25.9 Å². The molecule has 1 saturated heterocycles. The minimum Gasteiger partial charge on any atom is -0.351 e. The summed E-state index contributed by atoms with van der Waals surface area (Å²) in [6.45, 7) is 8.34. The van der Waals surface area contributed by atoms with Crippen LogP contribution in [0.2, 0.25) is 0 Å². The number of rotatable bonds is 5. The van der Waals surface area contributed by atoms with E-state index in [1.54, 1.807) is 13.1 Å². The third kappa shape index (κ3) is 4.16. The Morgan fingerprint density at radius 3 is 2.50 bits per heavy atom. The molecule has 0 bridgehead atoms. The normalized spacial score (nSPS) is 20.4. The van der Waals surface area contributed by atoms with Crippen LogP contribution in [-0.4, -0.2) is 51.1 Å². The Bertz CT molecular complexity index is 984. The molecule has 152 valence electrons. The number of hydrogen-bond donors (Lipinski definition) is 1. The summed E-state index contributed by atoms with van der Waals surface area (Å²) in [5.74, 6) is 1.15. The number of carbonyl (C=O) groups is 1. The van der Waals surface area contributed by atoms with Crippen LogP contribution < -0.4 is 16.6 Å². The van der Waals surface area contributed by atoms with E-state index in [0.717, 1.165) is 42.5 Å². The average molecular weight is 387 g/mol. The van der Waals surface area contributed by atoms with Gasteiger partial charge in [0.05, 0.1) is 5.39 Å². The highest BCUT2D eigenvalue weighted by Crippen LogP contribution is 2.20. The third-order valence-electron chi connectivity index (χ3n) is 5.42. The Morgan fingerprint density at radius 2 is 1.82 bits per heavy atom. The van der Waals surface area contributed by atoms with Crippen LogP contribution in [0.3, 0.4) is 0 Å². The summed E-state index contributed by atoms with van der Waals surface area (Å²) in [5, 5.41) is 3.20. The van der Waals surface area contributed by atoms with Gasteiger partial charge in [0.15, 0.2) is 0 Å². The summed E-state index contributed by atoms with van der Waals surface area (Å²) in [6.07, 6.45) is 2.16. The van der Waals surface area contributed by atoms with E-state index in [1.807, 2.05) is 0 Å². The molecule has 8 heteroatoms. The number of hydrogen-bond acceptors (Lipinski definition) is 5. The van der Waals surface area contributed by atoms with Crippen LogP contribution >= 0.6 is 0 Å². The standard InChI is InChI=1S/C20H29N5O3/c1-13-10-14(2)12-25(11-13)9-5-8-21-18(26)16-7-6-15-17(22-16)23(3)20(28)24(4)19(15)27/h6-7,13-14H,5,8-12H2,1-4H3,(H,21,26). The number of amides is 1. The molecule has 1 aliphatic rings. The van der Waals surface area contributed by atoms with Gasteiger partial charge in [0, 0.05) is 33.7 Å². The van der Waals surface area contributed by atoms with Gasteiger partial charge in [0.1, 0.15) is 11.3 Å². The van der Waals surface area contributed by atoms with Crippen molar-refractivity contribution in [3.8, 4) is 0 Å². The number of nitrogens with zero attached hydrogens (tertiary/aromatic N) is 4. The second-order valence-electron chi connectivity index (χ2n) is 8.09. The predicted molar refractivity (Wildman–Crippen MR) is 109 cm³/mol. The van der Waals surface area contributed by atoms with Crippen LogP contribution in [0.15, 0.2) is 21.7 Å². The van der Waals surface area contributed by atoms with Gasteiger partial charge >= 0.3 is 5.69 Å². The van der Waals surface area contributed by atoms with Gasteiger partial charge in [0.2, 0.25) is 0 Å². The fraction of sp³-hybridized carbons (Fsp3) is 0.600. The lowest BCUT2D eigenvalue weighted by Crippen LogP contribution is -2.40. The van der Waals surface area contributed by atoms with Gasteiger partial charge in [-0.05, 0) is 43.4 Å². The van der Waals surface area contributed by atoms with Gasteiger partial charge in [-0.1, -0.05) is 13.8 Å². The predicted octanol–water partition coefficient (Wildman–Crippen LogP) is 0.730. The molecule has 1 fully saturated rings. The van der Waals surface area contributed by atoms with Crippen molar-refractivity contribution in [3.63, 3.8) is 0 Å². The third-order valence-corrected chi connectivity index (χ3v) is 5.42. The van der Waals surface area contributed by atoms with Gasteiger partial charge in [-0.2, -0.15) is 0 Å². The molecule has 3 heterocycles. The van der Waals surface area contributed by atoms with Crippen LogP contribution in [0.1, 0.15) is 37.2 Å². The van der Waals surface area contributed by atoms with Crippen molar-refractivity contribution >= 4 is 16.9 Å². The van der Waals surface area contributed by atoms with E-state index in [9.17, 15) is 14.4 Å². The lowest BCUT2D eigenvalue weighted by molar-refractivity contribution is 0.0942. The highest BCUT2D eigenvalue weighted by Gasteiger charge is 2.21. The number of aromatic nitrogens is 3. The zero-order chi connectivity index (χ0) is 20.4. The first-order valence-corrected chi connectivity index (χ1v) is 9.85. The summed E-state index contributed by atoms with van der Waals surface area (Å²) in [4.78, 5) is 43.4. The molecule has 0 radical (unpaired) electrons. The van der Waals surface area contributed by atoms with E-state index in [4.69, 9.17) is 0 Å². The SMILES string of the molecule is CC1CC(C)CN(CCCNC(=O)c2ccc3c(=O)n(C)c(=O)n(C)c3n2)C1. The molecule has 28 heavy (non-hydrogen) atoms. The van der Waals surface area contributed by atoms with Crippen molar-refractivity contribution in [1.29, 1.82) is 0 Å². The number of carbonyl (C=O) groups excluding carboxylic acids is 1. The summed E-state index contributed by atoms with van der Waals surface area (Å²) < 4.78 is 2.32. The zero-order valence-corrected chi connectivity index (χ0v) is 17.1. The molecule has 1 amide bonds. The molecule has 0 aliphatic carbocycles. The topological polar surface area (TPSA) is 89.2 Å². The van der Waals surface area contributed by atoms with Crippen molar-refractivity contribution in [1.82, 2.24) is 24.3 Å². The fourth-order valence-corrected chi connectivity index (χ4v) is 4.15. The molecule has 1 aliphatic heterocycles. The molecule has 2 unspecified atom stereocenters. The minimum absolute atomic E-state index is 0.205. The smallest absolute Gasteiger partial charge is 0.332 e. The first-order valence-electron chi connectivity index (χ1n) is 9.85. The van der Waals surface area contributed by atoms with Crippen molar-refractivity contribution < 1.29 is 4.79 Å².